The first-order valence-corrected chi connectivity index (χ1v) is 7.13. The molecule has 1 N–H and O–H groups in total. The highest BCUT2D eigenvalue weighted by atomic mass is 35.5. The molecule has 2 unspecified atom stereocenters. The van der Waals surface area contributed by atoms with Crippen LogP contribution in [-0.4, -0.2) is 5.91 Å². The van der Waals surface area contributed by atoms with E-state index in [0.29, 0.717) is 17.5 Å². The highest BCUT2D eigenvalue weighted by Gasteiger charge is 2.38. The fourth-order valence-electron chi connectivity index (χ4n) is 2.23. The molecule has 2 aromatic rings. The molecule has 0 spiro atoms. The minimum atomic E-state index is 0.127. The summed E-state index contributed by atoms with van der Waals surface area (Å²) in [5, 5.41) is 3.61. The predicted octanol–water partition coefficient (Wildman–Crippen LogP) is 3.87. The molecule has 0 bridgehead atoms. The maximum absolute atomic E-state index is 11.7. The third-order valence-electron chi connectivity index (χ3n) is 3.67. The Labute approximate surface area is 122 Å². The number of benzene rings is 1. The van der Waals surface area contributed by atoms with Crippen LogP contribution in [0.1, 0.15) is 19.1 Å². The SMILES string of the molecule is CC1CC1C(=O)NCc1ccc(-c2ccc(Cl)cc2)o1. The highest BCUT2D eigenvalue weighted by molar-refractivity contribution is 6.30. The summed E-state index contributed by atoms with van der Waals surface area (Å²) in [6.45, 7) is 2.53. The van der Waals surface area contributed by atoms with Crippen molar-refractivity contribution in [1.29, 1.82) is 0 Å². The molecule has 1 heterocycles. The van der Waals surface area contributed by atoms with E-state index in [1.54, 1.807) is 0 Å². The Morgan fingerprint density at radius 1 is 1.30 bits per heavy atom. The van der Waals surface area contributed by atoms with Gasteiger partial charge in [0.1, 0.15) is 11.5 Å². The molecule has 1 fully saturated rings. The molecule has 1 aromatic heterocycles. The first-order chi connectivity index (χ1) is 9.63. The number of halogens is 1. The van der Waals surface area contributed by atoms with E-state index in [-0.39, 0.29) is 11.8 Å². The monoisotopic (exact) mass is 289 g/mol. The van der Waals surface area contributed by atoms with Gasteiger partial charge in [-0.15, -0.1) is 0 Å². The fourth-order valence-corrected chi connectivity index (χ4v) is 2.36. The lowest BCUT2D eigenvalue weighted by molar-refractivity contribution is -0.122. The zero-order valence-corrected chi connectivity index (χ0v) is 12.0. The fraction of sp³-hybridized carbons (Fsp3) is 0.312. The van der Waals surface area contributed by atoms with Gasteiger partial charge in [-0.1, -0.05) is 18.5 Å². The number of furan rings is 1. The van der Waals surface area contributed by atoms with Crippen LogP contribution in [0.3, 0.4) is 0 Å². The second-order valence-corrected chi connectivity index (χ2v) is 5.75. The van der Waals surface area contributed by atoms with Crippen molar-refractivity contribution in [2.75, 3.05) is 0 Å². The number of amides is 1. The van der Waals surface area contributed by atoms with Crippen LogP contribution in [0, 0.1) is 11.8 Å². The first kappa shape index (κ1) is 13.3. The maximum atomic E-state index is 11.7. The lowest BCUT2D eigenvalue weighted by Crippen LogP contribution is -2.24. The van der Waals surface area contributed by atoms with Gasteiger partial charge < -0.3 is 9.73 Å². The van der Waals surface area contributed by atoms with Gasteiger partial charge in [0.05, 0.1) is 6.54 Å². The highest BCUT2D eigenvalue weighted by Crippen LogP contribution is 2.37. The predicted molar refractivity (Wildman–Crippen MR) is 78.3 cm³/mol. The number of carbonyl (C=O) groups excluding carboxylic acids is 1. The molecule has 1 aromatic carbocycles. The first-order valence-electron chi connectivity index (χ1n) is 6.76. The summed E-state index contributed by atoms with van der Waals surface area (Å²) >= 11 is 5.86. The van der Waals surface area contributed by atoms with Crippen LogP contribution in [0.25, 0.3) is 11.3 Å². The normalized spacial score (nSPS) is 20.7. The Morgan fingerprint density at radius 3 is 2.65 bits per heavy atom. The molecule has 20 heavy (non-hydrogen) atoms. The largest absolute Gasteiger partial charge is 0.459 e. The van der Waals surface area contributed by atoms with E-state index in [1.165, 1.54) is 0 Å². The van der Waals surface area contributed by atoms with Gasteiger partial charge in [-0.3, -0.25) is 4.79 Å². The molecule has 1 amide bonds. The van der Waals surface area contributed by atoms with Gasteiger partial charge in [-0.25, -0.2) is 0 Å². The third kappa shape index (κ3) is 2.88. The molecule has 0 radical (unpaired) electrons. The summed E-state index contributed by atoms with van der Waals surface area (Å²) in [5.74, 6) is 2.39. The summed E-state index contributed by atoms with van der Waals surface area (Å²) in [6.07, 6.45) is 1.00. The average Bonchev–Trinajstić information content (AvgIpc) is 3.00. The van der Waals surface area contributed by atoms with Crippen LogP contribution >= 0.6 is 11.6 Å². The second-order valence-electron chi connectivity index (χ2n) is 5.31. The Morgan fingerprint density at radius 2 is 2.00 bits per heavy atom. The summed E-state index contributed by atoms with van der Waals surface area (Å²) in [5.41, 5.74) is 0.975. The Hall–Kier alpha value is -1.74. The Kier molecular flexibility index (Phi) is 3.53. The minimum Gasteiger partial charge on any atom is -0.459 e. The smallest absolute Gasteiger partial charge is 0.223 e. The van der Waals surface area contributed by atoms with Crippen LogP contribution < -0.4 is 5.32 Å². The molecule has 0 aliphatic heterocycles. The molecule has 2 atom stereocenters. The van der Waals surface area contributed by atoms with Crippen molar-refractivity contribution in [1.82, 2.24) is 5.32 Å². The molecule has 3 nitrogen and oxygen atoms in total. The molecule has 1 aliphatic rings. The van der Waals surface area contributed by atoms with Gasteiger partial charge >= 0.3 is 0 Å². The Bertz CT molecular complexity index is 618. The number of hydrogen-bond donors (Lipinski definition) is 1. The van der Waals surface area contributed by atoms with Crippen LogP contribution in [0.15, 0.2) is 40.8 Å². The van der Waals surface area contributed by atoms with Crippen LogP contribution in [0.5, 0.6) is 0 Å². The van der Waals surface area contributed by atoms with Crippen LogP contribution in [0.4, 0.5) is 0 Å². The van der Waals surface area contributed by atoms with Crippen molar-refractivity contribution < 1.29 is 9.21 Å². The van der Waals surface area contributed by atoms with E-state index in [2.05, 4.69) is 12.2 Å². The van der Waals surface area contributed by atoms with E-state index in [9.17, 15) is 4.79 Å². The molecule has 1 saturated carbocycles. The topological polar surface area (TPSA) is 42.2 Å². The summed E-state index contributed by atoms with van der Waals surface area (Å²) in [6, 6.07) is 11.3. The molecular weight excluding hydrogens is 274 g/mol. The van der Waals surface area contributed by atoms with Gasteiger partial charge in [0.2, 0.25) is 5.91 Å². The molecule has 0 saturated heterocycles. The molecule has 1 aliphatic carbocycles. The van der Waals surface area contributed by atoms with E-state index < -0.39 is 0 Å². The van der Waals surface area contributed by atoms with Crippen molar-refractivity contribution >= 4 is 17.5 Å². The van der Waals surface area contributed by atoms with Crippen molar-refractivity contribution in [3.05, 3.63) is 47.2 Å². The molecule has 3 rings (SSSR count). The van der Waals surface area contributed by atoms with Gasteiger partial charge in [-0.2, -0.15) is 0 Å². The maximum Gasteiger partial charge on any atom is 0.223 e. The third-order valence-corrected chi connectivity index (χ3v) is 3.93. The Balaban J connectivity index is 1.62. The van der Waals surface area contributed by atoms with E-state index in [4.69, 9.17) is 16.0 Å². The molecule has 104 valence electrons. The lowest BCUT2D eigenvalue weighted by atomic mass is 10.2. The number of rotatable bonds is 4. The van der Waals surface area contributed by atoms with E-state index in [1.807, 2.05) is 36.4 Å². The van der Waals surface area contributed by atoms with Crippen molar-refractivity contribution in [3.63, 3.8) is 0 Å². The zero-order chi connectivity index (χ0) is 14.1. The summed E-state index contributed by atoms with van der Waals surface area (Å²) in [7, 11) is 0. The standard InChI is InChI=1S/C16H16ClNO2/c1-10-8-14(10)16(19)18-9-13-6-7-15(20-13)11-2-4-12(17)5-3-11/h2-7,10,14H,8-9H2,1H3,(H,18,19). The number of carbonyl (C=O) groups is 1. The lowest BCUT2D eigenvalue weighted by Gasteiger charge is -2.02. The van der Waals surface area contributed by atoms with Gasteiger partial charge in [0.25, 0.3) is 0 Å². The zero-order valence-electron chi connectivity index (χ0n) is 11.2. The van der Waals surface area contributed by atoms with E-state index >= 15 is 0 Å². The summed E-state index contributed by atoms with van der Waals surface area (Å²) in [4.78, 5) is 11.7. The van der Waals surface area contributed by atoms with Crippen molar-refractivity contribution in [2.24, 2.45) is 11.8 Å². The molecule has 4 heteroatoms. The van der Waals surface area contributed by atoms with Gasteiger partial charge in [-0.05, 0) is 48.7 Å². The van der Waals surface area contributed by atoms with Crippen molar-refractivity contribution in [2.45, 2.75) is 19.9 Å². The van der Waals surface area contributed by atoms with Crippen molar-refractivity contribution in [3.8, 4) is 11.3 Å². The molecular formula is C16H16ClNO2. The van der Waals surface area contributed by atoms with Gasteiger partial charge in [0.15, 0.2) is 0 Å². The second kappa shape index (κ2) is 5.33. The minimum absolute atomic E-state index is 0.127. The van der Waals surface area contributed by atoms with E-state index in [0.717, 1.165) is 23.5 Å². The van der Waals surface area contributed by atoms with Crippen LogP contribution in [0.2, 0.25) is 5.02 Å². The quantitative estimate of drug-likeness (QED) is 0.928. The number of nitrogens with one attached hydrogen (secondary N) is 1. The number of hydrogen-bond acceptors (Lipinski definition) is 2. The summed E-state index contributed by atoms with van der Waals surface area (Å²) < 4.78 is 5.73. The van der Waals surface area contributed by atoms with Gasteiger partial charge in [0, 0.05) is 16.5 Å². The average molecular weight is 290 g/mol. The van der Waals surface area contributed by atoms with Crippen LogP contribution in [-0.2, 0) is 11.3 Å².